The molecule has 3 heterocycles. The van der Waals surface area contributed by atoms with Crippen LogP contribution in [0.15, 0.2) is 21.3 Å². The second-order valence-corrected chi connectivity index (χ2v) is 7.52. The maximum absolute atomic E-state index is 12.7. The molecule has 26 heavy (non-hydrogen) atoms. The highest BCUT2D eigenvalue weighted by atomic mass is 16.7. The van der Waals surface area contributed by atoms with E-state index < -0.39 is 11.9 Å². The molecule has 4 rings (SSSR count). The number of rotatable bonds is 1. The lowest BCUT2D eigenvalue weighted by atomic mass is 9.82. The van der Waals surface area contributed by atoms with Crippen LogP contribution in [0.3, 0.4) is 0 Å². The fourth-order valence-electron chi connectivity index (χ4n) is 4.26. The minimum Gasteiger partial charge on any atom is -0.496 e. The van der Waals surface area contributed by atoms with E-state index in [2.05, 4.69) is 0 Å². The van der Waals surface area contributed by atoms with Crippen LogP contribution in [0.5, 0.6) is 11.5 Å². The van der Waals surface area contributed by atoms with Gasteiger partial charge in [0.2, 0.25) is 5.79 Å². The van der Waals surface area contributed by atoms with Gasteiger partial charge in [-0.05, 0) is 26.7 Å². The molecule has 2 aliphatic heterocycles. The Labute approximate surface area is 151 Å². The van der Waals surface area contributed by atoms with Gasteiger partial charge in [0.1, 0.15) is 28.2 Å². The molecule has 140 valence electrons. The first-order chi connectivity index (χ1) is 12.3. The second-order valence-electron chi connectivity index (χ2n) is 7.52. The maximum Gasteiger partial charge on any atom is 0.216 e. The van der Waals surface area contributed by atoms with Gasteiger partial charge in [-0.15, -0.1) is 0 Å². The number of ether oxygens (including phenoxy) is 3. The van der Waals surface area contributed by atoms with Crippen LogP contribution < -0.4 is 14.9 Å². The first-order valence-electron chi connectivity index (χ1n) is 9.02. The van der Waals surface area contributed by atoms with Crippen molar-refractivity contribution in [3.05, 3.63) is 33.7 Å². The molecular formula is C20H24O6. The molecule has 6 nitrogen and oxygen atoms in total. The second kappa shape index (κ2) is 5.99. The Hall–Kier alpha value is -2.05. The topological polar surface area (TPSA) is 78.1 Å². The minimum atomic E-state index is -0.958. The Kier molecular flexibility index (Phi) is 4.00. The smallest absolute Gasteiger partial charge is 0.216 e. The summed E-state index contributed by atoms with van der Waals surface area (Å²) in [4.78, 5) is 12.7. The van der Waals surface area contributed by atoms with E-state index in [9.17, 15) is 9.90 Å². The first kappa shape index (κ1) is 17.4. The van der Waals surface area contributed by atoms with Gasteiger partial charge < -0.3 is 23.7 Å². The van der Waals surface area contributed by atoms with Crippen molar-refractivity contribution >= 4 is 11.0 Å². The number of benzene rings is 1. The third-order valence-electron chi connectivity index (χ3n) is 5.44. The summed E-state index contributed by atoms with van der Waals surface area (Å²) in [5.74, 6) is 0.651. The number of fused-ring (bicyclic) bond motifs is 3. The van der Waals surface area contributed by atoms with Crippen molar-refractivity contribution in [2.24, 2.45) is 5.92 Å². The van der Waals surface area contributed by atoms with Crippen LogP contribution in [0.4, 0.5) is 0 Å². The van der Waals surface area contributed by atoms with E-state index in [4.69, 9.17) is 18.6 Å². The summed E-state index contributed by atoms with van der Waals surface area (Å²) in [5.41, 5.74) is 1.11. The third-order valence-corrected chi connectivity index (χ3v) is 5.44. The number of aryl methyl sites for hydroxylation is 1. The van der Waals surface area contributed by atoms with Crippen LogP contribution in [0.2, 0.25) is 0 Å². The monoisotopic (exact) mass is 360 g/mol. The van der Waals surface area contributed by atoms with Crippen molar-refractivity contribution in [2.45, 2.75) is 58.0 Å². The summed E-state index contributed by atoms with van der Waals surface area (Å²) in [6.07, 6.45) is 0.941. The standard InChI is InChI=1S/C20H24O6/c1-10-5-14-16(23-4)8-17-18(15(22)7-11(2)24-17)19(14)26-20(10)9-13(21)6-12(3)25-20/h7-8,10,12-13,21H,5-6,9H2,1-4H3. The summed E-state index contributed by atoms with van der Waals surface area (Å²) in [6.45, 7) is 5.70. The average molecular weight is 360 g/mol. The Bertz CT molecular complexity index is 905. The highest BCUT2D eigenvalue weighted by Gasteiger charge is 2.50. The van der Waals surface area contributed by atoms with E-state index in [0.29, 0.717) is 47.5 Å². The molecule has 4 atom stereocenters. The predicted molar refractivity (Wildman–Crippen MR) is 95.8 cm³/mol. The van der Waals surface area contributed by atoms with Gasteiger partial charge in [-0.25, -0.2) is 0 Å². The number of aliphatic hydroxyl groups is 1. The molecule has 2 aliphatic rings. The zero-order chi connectivity index (χ0) is 18.6. The average Bonchev–Trinajstić information content (AvgIpc) is 2.54. The molecular weight excluding hydrogens is 336 g/mol. The van der Waals surface area contributed by atoms with Gasteiger partial charge in [-0.3, -0.25) is 4.79 Å². The molecule has 6 heteroatoms. The van der Waals surface area contributed by atoms with E-state index in [0.717, 1.165) is 5.56 Å². The van der Waals surface area contributed by atoms with Crippen molar-refractivity contribution in [3.63, 3.8) is 0 Å². The maximum atomic E-state index is 12.7. The molecule has 0 bridgehead atoms. The van der Waals surface area contributed by atoms with Crippen LogP contribution >= 0.6 is 0 Å². The number of hydrogen-bond donors (Lipinski definition) is 1. The summed E-state index contributed by atoms with van der Waals surface area (Å²) in [7, 11) is 1.59. The molecule has 0 aliphatic carbocycles. The van der Waals surface area contributed by atoms with E-state index in [1.54, 1.807) is 20.1 Å². The molecule has 0 radical (unpaired) electrons. The largest absolute Gasteiger partial charge is 0.496 e. The fraction of sp³-hybridized carbons (Fsp3) is 0.550. The van der Waals surface area contributed by atoms with Crippen LogP contribution in [0.25, 0.3) is 11.0 Å². The summed E-state index contributed by atoms with van der Waals surface area (Å²) in [5, 5.41) is 10.7. The van der Waals surface area contributed by atoms with Gasteiger partial charge in [0.05, 0.1) is 19.3 Å². The first-order valence-corrected chi connectivity index (χ1v) is 9.02. The van der Waals surface area contributed by atoms with Gasteiger partial charge in [-0.2, -0.15) is 0 Å². The van der Waals surface area contributed by atoms with Crippen molar-refractivity contribution in [2.75, 3.05) is 7.11 Å². The number of hydrogen-bond acceptors (Lipinski definition) is 6. The molecule has 1 spiro atoms. The summed E-state index contributed by atoms with van der Waals surface area (Å²) in [6, 6.07) is 3.21. The van der Waals surface area contributed by atoms with Gasteiger partial charge in [0.25, 0.3) is 0 Å². The van der Waals surface area contributed by atoms with Crippen molar-refractivity contribution in [1.29, 1.82) is 0 Å². The van der Waals surface area contributed by atoms with Gasteiger partial charge >= 0.3 is 0 Å². The van der Waals surface area contributed by atoms with E-state index in [1.165, 1.54) is 6.07 Å². The summed E-state index contributed by atoms with van der Waals surface area (Å²) >= 11 is 0. The van der Waals surface area contributed by atoms with Crippen LogP contribution in [0.1, 0.15) is 38.0 Å². The predicted octanol–water partition coefficient (Wildman–Crippen LogP) is 2.94. The van der Waals surface area contributed by atoms with E-state index >= 15 is 0 Å². The lowest BCUT2D eigenvalue weighted by Crippen LogP contribution is -2.56. The summed E-state index contributed by atoms with van der Waals surface area (Å²) < 4.78 is 23.8. The lowest BCUT2D eigenvalue weighted by Gasteiger charge is -2.48. The Balaban J connectivity index is 1.94. The highest BCUT2D eigenvalue weighted by Crippen LogP contribution is 2.48. The van der Waals surface area contributed by atoms with Crippen LogP contribution in [-0.2, 0) is 11.2 Å². The SMILES string of the molecule is COc1cc2oc(C)cc(=O)c2c2c1CC(C)C1(CC(O)CC(C)O1)O2. The van der Waals surface area contributed by atoms with Crippen LogP contribution in [0, 0.1) is 12.8 Å². The molecule has 1 aromatic carbocycles. The molecule has 1 N–H and O–H groups in total. The van der Waals surface area contributed by atoms with Crippen molar-refractivity contribution in [3.8, 4) is 11.5 Å². The van der Waals surface area contributed by atoms with Crippen molar-refractivity contribution in [1.82, 2.24) is 0 Å². The molecule has 1 aromatic heterocycles. The Morgan fingerprint density at radius 2 is 2.08 bits per heavy atom. The number of aliphatic hydroxyl groups excluding tert-OH is 1. The van der Waals surface area contributed by atoms with Crippen molar-refractivity contribution < 1.29 is 23.7 Å². The van der Waals surface area contributed by atoms with Gasteiger partial charge in [0, 0.05) is 30.0 Å². The minimum absolute atomic E-state index is 0.00348. The molecule has 0 saturated carbocycles. The zero-order valence-electron chi connectivity index (χ0n) is 15.5. The van der Waals surface area contributed by atoms with E-state index in [1.807, 2.05) is 13.8 Å². The molecule has 2 aromatic rings. The van der Waals surface area contributed by atoms with Gasteiger partial charge in [-0.1, -0.05) is 6.92 Å². The third kappa shape index (κ3) is 2.59. The molecule has 1 saturated heterocycles. The van der Waals surface area contributed by atoms with E-state index in [-0.39, 0.29) is 17.5 Å². The molecule has 1 fully saturated rings. The number of methoxy groups -OCH3 is 1. The Morgan fingerprint density at radius 1 is 1.31 bits per heavy atom. The lowest BCUT2D eigenvalue weighted by molar-refractivity contribution is -0.280. The Morgan fingerprint density at radius 3 is 2.77 bits per heavy atom. The molecule has 4 unspecified atom stereocenters. The fourth-order valence-corrected chi connectivity index (χ4v) is 4.26. The zero-order valence-corrected chi connectivity index (χ0v) is 15.5. The normalized spacial score (nSPS) is 30.9. The quantitative estimate of drug-likeness (QED) is 0.842. The highest BCUT2D eigenvalue weighted by molar-refractivity contribution is 5.87. The molecule has 0 amide bonds. The van der Waals surface area contributed by atoms with Gasteiger partial charge in [0.15, 0.2) is 5.43 Å². The van der Waals surface area contributed by atoms with Crippen LogP contribution in [-0.4, -0.2) is 30.2 Å².